The summed E-state index contributed by atoms with van der Waals surface area (Å²) in [5.74, 6) is 0.759. The van der Waals surface area contributed by atoms with Gasteiger partial charge in [0.25, 0.3) is 5.91 Å². The number of hydrogen-bond donors (Lipinski definition) is 1. The van der Waals surface area contributed by atoms with Crippen molar-refractivity contribution < 1.29 is 4.79 Å². The summed E-state index contributed by atoms with van der Waals surface area (Å²) in [6.07, 6.45) is 6.67. The molecule has 0 spiro atoms. The van der Waals surface area contributed by atoms with Gasteiger partial charge in [-0.05, 0) is 37.8 Å². The minimum absolute atomic E-state index is 0.0262. The normalized spacial score (nSPS) is 19.1. The summed E-state index contributed by atoms with van der Waals surface area (Å²) in [5, 5.41) is 11.4. The summed E-state index contributed by atoms with van der Waals surface area (Å²) in [4.78, 5) is 14.6. The Kier molecular flexibility index (Phi) is 5.96. The van der Waals surface area contributed by atoms with E-state index in [1.165, 1.54) is 12.8 Å². The Morgan fingerprint density at radius 2 is 2.14 bits per heavy atom. The molecule has 1 saturated heterocycles. The number of likely N-dealkylation sites (tertiary alicyclic amines) is 1. The highest BCUT2D eigenvalue weighted by Crippen LogP contribution is 2.21. The smallest absolute Gasteiger partial charge is 0.274 e. The Balaban J connectivity index is 2.06. The topological polar surface area (TPSA) is 58.1 Å². The van der Waals surface area contributed by atoms with Crippen LogP contribution in [0.3, 0.4) is 0 Å². The molecule has 0 radical (unpaired) electrons. The molecule has 0 aliphatic carbocycles. The van der Waals surface area contributed by atoms with Crippen LogP contribution < -0.4 is 5.32 Å². The van der Waals surface area contributed by atoms with Crippen molar-refractivity contribution in [3.8, 4) is 0 Å². The number of nitrogens with zero attached hydrogens (tertiary/aromatic N) is 3. The lowest BCUT2D eigenvalue weighted by Crippen LogP contribution is -2.40. The highest BCUT2D eigenvalue weighted by Gasteiger charge is 2.25. The van der Waals surface area contributed by atoms with E-state index in [-0.39, 0.29) is 5.91 Å². The number of anilines is 1. The first-order valence-electron chi connectivity index (χ1n) is 8.14. The van der Waals surface area contributed by atoms with Crippen LogP contribution in [-0.2, 0) is 0 Å². The summed E-state index contributed by atoms with van der Waals surface area (Å²) in [7, 11) is 0. The third kappa shape index (κ3) is 4.16. The van der Waals surface area contributed by atoms with Crippen molar-refractivity contribution in [1.82, 2.24) is 15.1 Å². The quantitative estimate of drug-likeness (QED) is 0.905. The second kappa shape index (κ2) is 7.96. The molecule has 1 unspecified atom stereocenters. The van der Waals surface area contributed by atoms with Gasteiger partial charge in [-0.15, -0.1) is 10.2 Å². The van der Waals surface area contributed by atoms with Crippen molar-refractivity contribution >= 4 is 11.7 Å². The van der Waals surface area contributed by atoms with Crippen molar-refractivity contribution in [2.45, 2.75) is 58.4 Å². The maximum absolute atomic E-state index is 12.7. The molecule has 0 bridgehead atoms. The zero-order valence-electron chi connectivity index (χ0n) is 13.1. The van der Waals surface area contributed by atoms with E-state index in [2.05, 4.69) is 29.4 Å². The van der Waals surface area contributed by atoms with Crippen molar-refractivity contribution in [1.29, 1.82) is 0 Å². The van der Waals surface area contributed by atoms with Gasteiger partial charge in [-0.2, -0.15) is 0 Å². The van der Waals surface area contributed by atoms with Crippen LogP contribution in [0, 0.1) is 0 Å². The molecule has 1 aromatic rings. The average molecular weight is 290 g/mol. The summed E-state index contributed by atoms with van der Waals surface area (Å²) in [5.41, 5.74) is 0.456. The largest absolute Gasteiger partial charge is 0.369 e. The van der Waals surface area contributed by atoms with Gasteiger partial charge in [0.15, 0.2) is 5.69 Å². The van der Waals surface area contributed by atoms with Crippen molar-refractivity contribution in [2.24, 2.45) is 0 Å². The molecular weight excluding hydrogens is 264 g/mol. The monoisotopic (exact) mass is 290 g/mol. The standard InChI is InChI=1S/C16H26N4O/c1-3-11-17-15-10-9-14(18-19-15)16(21)20-12-7-5-6-8-13(20)4-2/h9-10,13H,3-8,11-12H2,1-2H3,(H,17,19). The molecule has 1 fully saturated rings. The van der Waals surface area contributed by atoms with Crippen LogP contribution in [0.4, 0.5) is 5.82 Å². The fraction of sp³-hybridized carbons (Fsp3) is 0.688. The lowest BCUT2D eigenvalue weighted by Gasteiger charge is -2.28. The predicted molar refractivity (Wildman–Crippen MR) is 84.4 cm³/mol. The zero-order chi connectivity index (χ0) is 15.1. The van der Waals surface area contributed by atoms with E-state index in [0.29, 0.717) is 11.7 Å². The van der Waals surface area contributed by atoms with E-state index in [4.69, 9.17) is 0 Å². The van der Waals surface area contributed by atoms with Crippen LogP contribution in [-0.4, -0.2) is 40.1 Å². The number of amides is 1. The Morgan fingerprint density at radius 1 is 1.29 bits per heavy atom. The first kappa shape index (κ1) is 15.7. The number of carbonyl (C=O) groups excluding carboxylic acids is 1. The number of aromatic nitrogens is 2. The maximum atomic E-state index is 12.7. The van der Waals surface area contributed by atoms with E-state index in [9.17, 15) is 4.79 Å². The molecule has 1 aliphatic rings. The van der Waals surface area contributed by atoms with Crippen molar-refractivity contribution in [3.63, 3.8) is 0 Å². The second-order valence-corrected chi connectivity index (χ2v) is 5.64. The van der Waals surface area contributed by atoms with E-state index in [1.807, 2.05) is 11.0 Å². The SMILES string of the molecule is CCCNc1ccc(C(=O)N2CCCCCC2CC)nn1. The lowest BCUT2D eigenvalue weighted by molar-refractivity contribution is 0.0671. The molecule has 1 N–H and O–H groups in total. The van der Waals surface area contributed by atoms with Gasteiger partial charge in [0.1, 0.15) is 5.82 Å². The van der Waals surface area contributed by atoms with Crippen LogP contribution in [0.25, 0.3) is 0 Å². The number of nitrogens with one attached hydrogen (secondary N) is 1. The van der Waals surface area contributed by atoms with Gasteiger partial charge in [0.05, 0.1) is 0 Å². The number of rotatable bonds is 5. The average Bonchev–Trinajstić information content (AvgIpc) is 2.78. The number of carbonyl (C=O) groups is 1. The van der Waals surface area contributed by atoms with Crippen LogP contribution in [0.1, 0.15) is 62.9 Å². The molecule has 2 rings (SSSR count). The Morgan fingerprint density at radius 3 is 2.81 bits per heavy atom. The molecule has 21 heavy (non-hydrogen) atoms. The molecule has 5 heteroatoms. The van der Waals surface area contributed by atoms with Crippen molar-refractivity contribution in [2.75, 3.05) is 18.4 Å². The Hall–Kier alpha value is -1.65. The molecule has 5 nitrogen and oxygen atoms in total. The third-order valence-electron chi connectivity index (χ3n) is 4.05. The Bertz CT molecular complexity index is 446. The molecule has 1 atom stereocenters. The summed E-state index contributed by atoms with van der Waals surface area (Å²) >= 11 is 0. The van der Waals surface area contributed by atoms with E-state index < -0.39 is 0 Å². The Labute approximate surface area is 127 Å². The fourth-order valence-electron chi connectivity index (χ4n) is 2.81. The van der Waals surface area contributed by atoms with Gasteiger partial charge >= 0.3 is 0 Å². The van der Waals surface area contributed by atoms with Crippen LogP contribution in [0.15, 0.2) is 12.1 Å². The summed E-state index contributed by atoms with van der Waals surface area (Å²) < 4.78 is 0. The molecular formula is C16H26N4O. The van der Waals surface area contributed by atoms with Gasteiger partial charge in [0, 0.05) is 19.1 Å². The highest BCUT2D eigenvalue weighted by molar-refractivity contribution is 5.92. The summed E-state index contributed by atoms with van der Waals surface area (Å²) in [6.45, 7) is 5.96. The van der Waals surface area contributed by atoms with Gasteiger partial charge in [-0.25, -0.2) is 0 Å². The zero-order valence-corrected chi connectivity index (χ0v) is 13.1. The molecule has 0 saturated carbocycles. The van der Waals surface area contributed by atoms with E-state index in [0.717, 1.165) is 44.6 Å². The van der Waals surface area contributed by atoms with Crippen LogP contribution in [0.5, 0.6) is 0 Å². The predicted octanol–water partition coefficient (Wildman–Crippen LogP) is 3.09. The first-order valence-corrected chi connectivity index (χ1v) is 8.14. The van der Waals surface area contributed by atoms with E-state index >= 15 is 0 Å². The van der Waals surface area contributed by atoms with Gasteiger partial charge in [0.2, 0.25) is 0 Å². The summed E-state index contributed by atoms with van der Waals surface area (Å²) in [6, 6.07) is 3.97. The third-order valence-corrected chi connectivity index (χ3v) is 4.05. The number of hydrogen-bond acceptors (Lipinski definition) is 4. The molecule has 2 heterocycles. The minimum atomic E-state index is 0.0262. The van der Waals surface area contributed by atoms with Gasteiger partial charge in [-0.1, -0.05) is 26.7 Å². The van der Waals surface area contributed by atoms with Crippen LogP contribution >= 0.6 is 0 Å². The molecule has 1 aliphatic heterocycles. The fourth-order valence-corrected chi connectivity index (χ4v) is 2.81. The highest BCUT2D eigenvalue weighted by atomic mass is 16.2. The maximum Gasteiger partial charge on any atom is 0.274 e. The lowest BCUT2D eigenvalue weighted by atomic mass is 10.1. The van der Waals surface area contributed by atoms with Gasteiger partial charge in [-0.3, -0.25) is 4.79 Å². The second-order valence-electron chi connectivity index (χ2n) is 5.64. The molecule has 1 amide bonds. The molecule has 116 valence electrons. The molecule has 0 aromatic carbocycles. The van der Waals surface area contributed by atoms with Gasteiger partial charge < -0.3 is 10.2 Å². The molecule has 1 aromatic heterocycles. The first-order chi connectivity index (χ1) is 10.3. The van der Waals surface area contributed by atoms with Crippen molar-refractivity contribution in [3.05, 3.63) is 17.8 Å². The van der Waals surface area contributed by atoms with Crippen LogP contribution in [0.2, 0.25) is 0 Å². The van der Waals surface area contributed by atoms with E-state index in [1.54, 1.807) is 6.07 Å². The minimum Gasteiger partial charge on any atom is -0.369 e.